The molecule has 0 aromatic rings. The molecule has 60 valence electrons. The molecular weight excluding hydrogens is 152 g/mol. The number of nitrogens with one attached hydrogen (secondary N) is 1. The van der Waals surface area contributed by atoms with E-state index in [4.69, 9.17) is 15.5 Å². The van der Waals surface area contributed by atoms with Gasteiger partial charge in [-0.2, -0.15) is 0 Å². The first-order valence-electron chi connectivity index (χ1n) is 2.59. The summed E-state index contributed by atoms with van der Waals surface area (Å²) in [4.78, 5) is 20.5. The van der Waals surface area contributed by atoms with Crippen molar-refractivity contribution in [3.8, 4) is 6.57 Å². The van der Waals surface area contributed by atoms with E-state index in [1.807, 2.05) is 0 Å². The van der Waals surface area contributed by atoms with Crippen LogP contribution in [0.15, 0.2) is 0 Å². The number of nitrogens with zero attached hydrogens (tertiary/aromatic N) is 1. The lowest BCUT2D eigenvalue weighted by Gasteiger charge is -1.97. The number of rotatable bonds is 0. The Bertz CT molecular complexity index is 182. The quantitative estimate of drug-likeness (QED) is 0.337. The first-order chi connectivity index (χ1) is 5.13. The Morgan fingerprint density at radius 3 is 1.55 bits per heavy atom. The van der Waals surface area contributed by atoms with E-state index in [9.17, 15) is 9.59 Å². The maximum Gasteiger partial charge on any atom is 0.258 e. The largest absolute Gasteiger partial charge is 0.380 e. The standard InChI is InChI=1S/C4H5NO4.CHN/c6-1-2(7)4(9)5-3(1)8;1-2/h1-2,6-7H,(H,5,8,9);1H. The molecule has 2 unspecified atom stereocenters. The van der Waals surface area contributed by atoms with E-state index in [1.165, 1.54) is 0 Å². The lowest BCUT2D eigenvalue weighted by Crippen LogP contribution is -2.27. The predicted molar refractivity (Wildman–Crippen MR) is 31.8 cm³/mol. The summed E-state index contributed by atoms with van der Waals surface area (Å²) in [5, 5.41) is 25.3. The fraction of sp³-hybridized carbons (Fsp3) is 0.400. The van der Waals surface area contributed by atoms with Crippen LogP contribution in [0.4, 0.5) is 0 Å². The van der Waals surface area contributed by atoms with Crippen LogP contribution < -0.4 is 5.32 Å². The van der Waals surface area contributed by atoms with Crippen molar-refractivity contribution in [2.75, 3.05) is 0 Å². The Labute approximate surface area is 62.1 Å². The number of carbonyl (C=O) groups excluding carboxylic acids is 2. The van der Waals surface area contributed by atoms with Gasteiger partial charge >= 0.3 is 0 Å². The maximum absolute atomic E-state index is 10.3. The van der Waals surface area contributed by atoms with E-state index < -0.39 is 24.0 Å². The Kier molecular flexibility index (Phi) is 3.17. The molecule has 0 aliphatic carbocycles. The molecule has 0 aromatic carbocycles. The Morgan fingerprint density at radius 1 is 1.18 bits per heavy atom. The highest BCUT2D eigenvalue weighted by Gasteiger charge is 2.38. The molecule has 2 atom stereocenters. The van der Waals surface area contributed by atoms with Crippen LogP contribution in [0, 0.1) is 11.8 Å². The van der Waals surface area contributed by atoms with E-state index in [1.54, 1.807) is 5.32 Å². The highest BCUT2D eigenvalue weighted by atomic mass is 16.4. The van der Waals surface area contributed by atoms with Gasteiger partial charge in [0.2, 0.25) is 0 Å². The highest BCUT2D eigenvalue weighted by Crippen LogP contribution is 2.00. The average molecular weight is 158 g/mol. The summed E-state index contributed by atoms with van der Waals surface area (Å²) in [5.74, 6) is -1.68. The van der Waals surface area contributed by atoms with E-state index in [-0.39, 0.29) is 0 Å². The van der Waals surface area contributed by atoms with Gasteiger partial charge in [0, 0.05) is 6.57 Å². The van der Waals surface area contributed by atoms with Crippen molar-refractivity contribution < 1.29 is 19.8 Å². The zero-order valence-electron chi connectivity index (χ0n) is 5.39. The van der Waals surface area contributed by atoms with E-state index in [0.29, 0.717) is 0 Å². The van der Waals surface area contributed by atoms with Crippen LogP contribution in [-0.4, -0.2) is 34.2 Å². The molecule has 0 aromatic heterocycles. The van der Waals surface area contributed by atoms with Crippen LogP contribution in [0.3, 0.4) is 0 Å². The average Bonchev–Trinajstić information content (AvgIpc) is 2.22. The molecule has 0 radical (unpaired) electrons. The zero-order valence-corrected chi connectivity index (χ0v) is 5.39. The molecule has 3 N–H and O–H groups in total. The molecule has 2 amide bonds. The first kappa shape index (κ1) is 9.55. The monoisotopic (exact) mass is 158 g/mol. The van der Waals surface area contributed by atoms with Crippen LogP contribution in [0.1, 0.15) is 0 Å². The van der Waals surface area contributed by atoms with Crippen molar-refractivity contribution in [3.05, 3.63) is 0 Å². The minimum absolute atomic E-state index is 0.840. The third-order valence-electron chi connectivity index (χ3n) is 1.08. The second kappa shape index (κ2) is 3.65. The fourth-order valence-electron chi connectivity index (χ4n) is 0.556. The van der Waals surface area contributed by atoms with Crippen molar-refractivity contribution in [2.45, 2.75) is 12.2 Å². The van der Waals surface area contributed by atoms with Gasteiger partial charge in [-0.3, -0.25) is 14.9 Å². The van der Waals surface area contributed by atoms with E-state index in [0.717, 1.165) is 0 Å². The molecule has 1 aliphatic heterocycles. The van der Waals surface area contributed by atoms with Gasteiger partial charge in [0.1, 0.15) is 0 Å². The van der Waals surface area contributed by atoms with Crippen molar-refractivity contribution in [1.29, 1.82) is 5.26 Å². The van der Waals surface area contributed by atoms with Crippen LogP contribution in [0.5, 0.6) is 0 Å². The summed E-state index contributed by atoms with van der Waals surface area (Å²) in [6.07, 6.45) is -3.17. The molecule has 0 bridgehead atoms. The van der Waals surface area contributed by atoms with Gasteiger partial charge in [0.25, 0.3) is 11.8 Å². The topological polar surface area (TPSA) is 110 Å². The van der Waals surface area contributed by atoms with Crippen molar-refractivity contribution >= 4 is 11.8 Å². The Hall–Kier alpha value is -1.45. The van der Waals surface area contributed by atoms with Crippen molar-refractivity contribution in [3.63, 3.8) is 0 Å². The van der Waals surface area contributed by atoms with Gasteiger partial charge < -0.3 is 10.2 Å². The smallest absolute Gasteiger partial charge is 0.258 e. The van der Waals surface area contributed by atoms with Gasteiger partial charge in [-0.15, -0.1) is 0 Å². The molecular formula is C5H6N2O4. The number of aliphatic hydroxyl groups is 2. The van der Waals surface area contributed by atoms with Crippen molar-refractivity contribution in [1.82, 2.24) is 5.32 Å². The molecule has 1 saturated heterocycles. The summed E-state index contributed by atoms with van der Waals surface area (Å²) < 4.78 is 0. The predicted octanol–water partition coefficient (Wildman–Crippen LogP) is -2.50. The fourth-order valence-corrected chi connectivity index (χ4v) is 0.556. The molecule has 1 fully saturated rings. The van der Waals surface area contributed by atoms with Crippen LogP contribution >= 0.6 is 0 Å². The molecule has 1 rings (SSSR count). The first-order valence-corrected chi connectivity index (χ1v) is 2.59. The van der Waals surface area contributed by atoms with Gasteiger partial charge in [0.15, 0.2) is 12.2 Å². The minimum Gasteiger partial charge on any atom is -0.380 e. The third-order valence-corrected chi connectivity index (χ3v) is 1.08. The number of carbonyl (C=O) groups is 2. The van der Waals surface area contributed by atoms with Crippen LogP contribution in [-0.2, 0) is 9.59 Å². The van der Waals surface area contributed by atoms with Crippen molar-refractivity contribution in [2.24, 2.45) is 0 Å². The molecule has 0 spiro atoms. The molecule has 11 heavy (non-hydrogen) atoms. The van der Waals surface area contributed by atoms with Crippen LogP contribution in [0.2, 0.25) is 0 Å². The van der Waals surface area contributed by atoms with Gasteiger partial charge in [-0.05, 0) is 0 Å². The number of aliphatic hydroxyl groups excluding tert-OH is 2. The lowest BCUT2D eigenvalue weighted by molar-refractivity contribution is -0.129. The Balaban J connectivity index is 0.000000461. The summed E-state index contributed by atoms with van der Waals surface area (Å²) in [7, 11) is 0. The summed E-state index contributed by atoms with van der Waals surface area (Å²) in [6, 6.07) is 0. The van der Waals surface area contributed by atoms with E-state index in [2.05, 4.69) is 6.57 Å². The second-order valence-corrected chi connectivity index (χ2v) is 1.74. The molecule has 6 nitrogen and oxygen atoms in total. The van der Waals surface area contributed by atoms with Gasteiger partial charge in [-0.25, -0.2) is 5.26 Å². The zero-order chi connectivity index (χ0) is 9.02. The second-order valence-electron chi connectivity index (χ2n) is 1.74. The number of hydrogen-bond acceptors (Lipinski definition) is 5. The summed E-state index contributed by atoms with van der Waals surface area (Å²) >= 11 is 0. The summed E-state index contributed by atoms with van der Waals surface area (Å²) in [5.41, 5.74) is 0. The highest BCUT2D eigenvalue weighted by molar-refractivity contribution is 6.07. The molecule has 6 heteroatoms. The number of nitriles is 1. The number of imide groups is 1. The number of hydrogen-bond donors (Lipinski definition) is 3. The van der Waals surface area contributed by atoms with Crippen LogP contribution in [0.25, 0.3) is 0 Å². The lowest BCUT2D eigenvalue weighted by atomic mass is 10.2. The Morgan fingerprint density at radius 2 is 1.45 bits per heavy atom. The van der Waals surface area contributed by atoms with E-state index >= 15 is 0 Å². The maximum atomic E-state index is 10.3. The molecule has 1 aliphatic rings. The molecule has 1 heterocycles. The normalized spacial score (nSPS) is 28.7. The minimum atomic E-state index is -1.59. The van der Waals surface area contributed by atoms with Gasteiger partial charge in [0.05, 0.1) is 0 Å². The third kappa shape index (κ3) is 1.73. The number of amides is 2. The van der Waals surface area contributed by atoms with Gasteiger partial charge in [-0.1, -0.05) is 0 Å². The molecule has 0 saturated carbocycles. The SMILES string of the molecule is C#N.O=C1NC(=O)C(O)C1O. The summed E-state index contributed by atoms with van der Waals surface area (Å²) in [6.45, 7) is 3.50.